The van der Waals surface area contributed by atoms with E-state index in [9.17, 15) is 4.79 Å². The van der Waals surface area contributed by atoms with Crippen molar-refractivity contribution in [2.75, 3.05) is 27.4 Å². The molecule has 0 spiro atoms. The third-order valence-electron chi connectivity index (χ3n) is 3.87. The average molecular weight is 373 g/mol. The minimum absolute atomic E-state index is 0.0759. The van der Waals surface area contributed by atoms with Crippen LogP contribution in [0.15, 0.2) is 42.5 Å². The minimum Gasteiger partial charge on any atom is -0.497 e. The van der Waals surface area contributed by atoms with E-state index in [4.69, 9.17) is 18.9 Å². The fourth-order valence-electron chi connectivity index (χ4n) is 2.56. The van der Waals surface area contributed by atoms with Gasteiger partial charge in [0.1, 0.15) is 23.9 Å². The molecule has 2 rings (SSSR count). The molecule has 6 heteroatoms. The molecule has 0 unspecified atom stereocenters. The maximum atomic E-state index is 12.4. The van der Waals surface area contributed by atoms with Gasteiger partial charge in [0.25, 0.3) is 5.91 Å². The molecule has 0 heterocycles. The molecule has 0 bridgehead atoms. The van der Waals surface area contributed by atoms with Crippen LogP contribution in [-0.4, -0.2) is 39.4 Å². The number of rotatable bonds is 10. The molecule has 27 heavy (non-hydrogen) atoms. The van der Waals surface area contributed by atoms with Gasteiger partial charge in [0, 0.05) is 24.3 Å². The Labute approximate surface area is 160 Å². The lowest BCUT2D eigenvalue weighted by Crippen LogP contribution is -2.35. The molecule has 2 aromatic carbocycles. The molecule has 2 aromatic rings. The van der Waals surface area contributed by atoms with Crippen molar-refractivity contribution in [3.05, 3.63) is 53.6 Å². The molecule has 0 aliphatic rings. The van der Waals surface area contributed by atoms with Gasteiger partial charge in [0.05, 0.1) is 20.3 Å². The Morgan fingerprint density at radius 2 is 1.74 bits per heavy atom. The number of benzene rings is 2. The number of carbonyl (C=O) groups excluding carboxylic acids is 1. The first-order chi connectivity index (χ1) is 13.1. The van der Waals surface area contributed by atoms with Crippen LogP contribution in [0.5, 0.6) is 17.2 Å². The summed E-state index contributed by atoms with van der Waals surface area (Å²) in [5.41, 5.74) is 1.36. The second kappa shape index (κ2) is 10.4. The van der Waals surface area contributed by atoms with E-state index in [1.165, 1.54) is 0 Å². The van der Waals surface area contributed by atoms with Crippen LogP contribution in [0.25, 0.3) is 0 Å². The van der Waals surface area contributed by atoms with E-state index >= 15 is 0 Å². The molecule has 0 saturated carbocycles. The summed E-state index contributed by atoms with van der Waals surface area (Å²) in [6.45, 7) is 5.09. The van der Waals surface area contributed by atoms with Crippen LogP contribution in [0, 0.1) is 0 Å². The average Bonchev–Trinajstić information content (AvgIpc) is 2.68. The van der Waals surface area contributed by atoms with Crippen LogP contribution in [0.1, 0.15) is 29.8 Å². The Balaban J connectivity index is 2.12. The van der Waals surface area contributed by atoms with Gasteiger partial charge in [0.15, 0.2) is 0 Å². The van der Waals surface area contributed by atoms with Crippen molar-refractivity contribution >= 4 is 5.91 Å². The first-order valence-corrected chi connectivity index (χ1v) is 8.89. The SMILES string of the molecule is CCOc1ccc(C(=O)N[C@H](C)COC)cc1COc1ccc(OC)cc1. The van der Waals surface area contributed by atoms with E-state index in [2.05, 4.69) is 5.32 Å². The molecular formula is C21H27NO5. The second-order valence-corrected chi connectivity index (χ2v) is 6.05. The molecule has 1 N–H and O–H groups in total. The summed E-state index contributed by atoms with van der Waals surface area (Å²) in [5, 5.41) is 2.90. The first kappa shape index (κ1) is 20.6. The molecule has 1 atom stereocenters. The lowest BCUT2D eigenvalue weighted by Gasteiger charge is -2.15. The standard InChI is InChI=1S/C21H27NO5/c1-5-26-20-11-6-16(21(23)22-15(2)13-24-3)12-17(20)14-27-19-9-7-18(25-4)8-10-19/h6-12,15H,5,13-14H2,1-4H3,(H,22,23)/t15-/m1/s1. The second-order valence-electron chi connectivity index (χ2n) is 6.05. The van der Waals surface area contributed by atoms with E-state index in [-0.39, 0.29) is 18.6 Å². The van der Waals surface area contributed by atoms with Crippen molar-refractivity contribution in [1.82, 2.24) is 5.32 Å². The number of hydrogen-bond donors (Lipinski definition) is 1. The molecule has 146 valence electrons. The fraction of sp³-hybridized carbons (Fsp3) is 0.381. The van der Waals surface area contributed by atoms with Gasteiger partial charge in [-0.1, -0.05) is 0 Å². The van der Waals surface area contributed by atoms with Crippen LogP contribution in [-0.2, 0) is 11.3 Å². The summed E-state index contributed by atoms with van der Waals surface area (Å²) in [4.78, 5) is 12.4. The monoisotopic (exact) mass is 373 g/mol. The number of amides is 1. The topological polar surface area (TPSA) is 66.0 Å². The van der Waals surface area contributed by atoms with Crippen molar-refractivity contribution in [3.63, 3.8) is 0 Å². The number of ether oxygens (including phenoxy) is 4. The summed E-state index contributed by atoms with van der Waals surface area (Å²) in [6, 6.07) is 12.6. The molecule has 6 nitrogen and oxygen atoms in total. The number of nitrogens with one attached hydrogen (secondary N) is 1. The van der Waals surface area contributed by atoms with Gasteiger partial charge in [-0.15, -0.1) is 0 Å². The molecular weight excluding hydrogens is 346 g/mol. The van der Waals surface area contributed by atoms with E-state index in [1.54, 1.807) is 32.4 Å². The molecule has 0 saturated heterocycles. The predicted octanol–water partition coefficient (Wildman–Crippen LogP) is 3.44. The minimum atomic E-state index is -0.159. The van der Waals surface area contributed by atoms with E-state index in [0.29, 0.717) is 30.3 Å². The summed E-state index contributed by atoms with van der Waals surface area (Å²) >= 11 is 0. The van der Waals surface area contributed by atoms with Gasteiger partial charge >= 0.3 is 0 Å². The number of methoxy groups -OCH3 is 2. The molecule has 0 aliphatic carbocycles. The highest BCUT2D eigenvalue weighted by molar-refractivity contribution is 5.94. The van der Waals surface area contributed by atoms with Gasteiger partial charge in [-0.2, -0.15) is 0 Å². The van der Waals surface area contributed by atoms with E-state index < -0.39 is 0 Å². The molecule has 0 fully saturated rings. The number of hydrogen-bond acceptors (Lipinski definition) is 5. The summed E-state index contributed by atoms with van der Waals surface area (Å²) in [6.07, 6.45) is 0. The largest absolute Gasteiger partial charge is 0.497 e. The van der Waals surface area contributed by atoms with Gasteiger partial charge in [0.2, 0.25) is 0 Å². The van der Waals surface area contributed by atoms with Crippen LogP contribution in [0.4, 0.5) is 0 Å². The van der Waals surface area contributed by atoms with Crippen LogP contribution >= 0.6 is 0 Å². The Bertz CT molecular complexity index is 730. The Kier molecular flexibility index (Phi) is 7.95. The lowest BCUT2D eigenvalue weighted by atomic mass is 10.1. The maximum Gasteiger partial charge on any atom is 0.251 e. The van der Waals surface area contributed by atoms with E-state index in [1.807, 2.05) is 38.1 Å². The van der Waals surface area contributed by atoms with Crippen LogP contribution in [0.3, 0.4) is 0 Å². The van der Waals surface area contributed by atoms with Crippen molar-refractivity contribution in [1.29, 1.82) is 0 Å². The third kappa shape index (κ3) is 6.18. The smallest absolute Gasteiger partial charge is 0.251 e. The van der Waals surface area contributed by atoms with Crippen LogP contribution < -0.4 is 19.5 Å². The number of carbonyl (C=O) groups is 1. The Hall–Kier alpha value is -2.73. The lowest BCUT2D eigenvalue weighted by molar-refractivity contribution is 0.0905. The fourth-order valence-corrected chi connectivity index (χ4v) is 2.56. The van der Waals surface area contributed by atoms with Crippen molar-refractivity contribution < 1.29 is 23.7 Å². The van der Waals surface area contributed by atoms with Crippen molar-refractivity contribution in [3.8, 4) is 17.2 Å². The summed E-state index contributed by atoms with van der Waals surface area (Å²) < 4.78 is 21.7. The zero-order valence-electron chi connectivity index (χ0n) is 16.3. The maximum absolute atomic E-state index is 12.4. The van der Waals surface area contributed by atoms with Crippen molar-refractivity contribution in [2.45, 2.75) is 26.5 Å². The van der Waals surface area contributed by atoms with Crippen molar-refractivity contribution in [2.24, 2.45) is 0 Å². The molecule has 0 aromatic heterocycles. The Morgan fingerprint density at radius 3 is 2.37 bits per heavy atom. The molecule has 1 amide bonds. The zero-order valence-corrected chi connectivity index (χ0v) is 16.3. The predicted molar refractivity (Wildman–Crippen MR) is 104 cm³/mol. The Morgan fingerprint density at radius 1 is 1.04 bits per heavy atom. The molecule has 0 radical (unpaired) electrons. The normalized spacial score (nSPS) is 11.6. The molecule has 0 aliphatic heterocycles. The highest BCUT2D eigenvalue weighted by Crippen LogP contribution is 2.24. The quantitative estimate of drug-likeness (QED) is 0.691. The van der Waals surface area contributed by atoms with Gasteiger partial charge in [-0.05, 0) is 56.3 Å². The third-order valence-corrected chi connectivity index (χ3v) is 3.87. The van der Waals surface area contributed by atoms with Gasteiger partial charge < -0.3 is 24.3 Å². The first-order valence-electron chi connectivity index (χ1n) is 8.89. The highest BCUT2D eigenvalue weighted by atomic mass is 16.5. The highest BCUT2D eigenvalue weighted by Gasteiger charge is 2.13. The summed E-state index contributed by atoms with van der Waals surface area (Å²) in [5.74, 6) is 2.02. The van der Waals surface area contributed by atoms with Crippen LogP contribution in [0.2, 0.25) is 0 Å². The van der Waals surface area contributed by atoms with Gasteiger partial charge in [-0.25, -0.2) is 0 Å². The zero-order chi connectivity index (χ0) is 19.6. The van der Waals surface area contributed by atoms with Gasteiger partial charge in [-0.3, -0.25) is 4.79 Å². The summed E-state index contributed by atoms with van der Waals surface area (Å²) in [7, 11) is 3.22. The van der Waals surface area contributed by atoms with E-state index in [0.717, 1.165) is 11.3 Å².